The van der Waals surface area contributed by atoms with Crippen molar-refractivity contribution in [3.05, 3.63) is 89.4 Å². The molecule has 0 heterocycles. The van der Waals surface area contributed by atoms with Crippen LogP contribution in [0.15, 0.2) is 78.9 Å². The van der Waals surface area contributed by atoms with Crippen LogP contribution in [0.5, 0.6) is 0 Å². The molecule has 7 nitrogen and oxygen atoms in total. The number of para-hydroxylation sites is 1. The lowest BCUT2D eigenvalue weighted by Crippen LogP contribution is -2.44. The zero-order valence-electron chi connectivity index (χ0n) is 17.5. The molecule has 0 saturated carbocycles. The Bertz CT molecular complexity index is 1090. The number of aryl methyl sites for hydroxylation is 1. The van der Waals surface area contributed by atoms with E-state index in [1.165, 1.54) is 4.90 Å². The van der Waals surface area contributed by atoms with Crippen LogP contribution >= 0.6 is 11.6 Å². The maximum atomic E-state index is 12.9. The fraction of sp³-hybridized carbons (Fsp3) is 0.125. The molecule has 3 aromatic carbocycles. The molecule has 0 radical (unpaired) electrons. The Morgan fingerprint density at radius 1 is 0.844 bits per heavy atom. The van der Waals surface area contributed by atoms with E-state index in [0.717, 1.165) is 5.56 Å². The van der Waals surface area contributed by atoms with E-state index < -0.39 is 11.9 Å². The van der Waals surface area contributed by atoms with Crippen LogP contribution in [0, 0.1) is 6.92 Å². The Morgan fingerprint density at radius 3 is 2.25 bits per heavy atom. The van der Waals surface area contributed by atoms with E-state index in [2.05, 4.69) is 16.0 Å². The van der Waals surface area contributed by atoms with Crippen molar-refractivity contribution in [1.82, 2.24) is 5.32 Å². The monoisotopic (exact) mass is 450 g/mol. The number of hydrogen-bond acceptors (Lipinski definition) is 3. The van der Waals surface area contributed by atoms with E-state index in [1.54, 1.807) is 54.6 Å². The third kappa shape index (κ3) is 6.85. The van der Waals surface area contributed by atoms with Crippen LogP contribution in [0.2, 0.25) is 5.02 Å². The number of hydrogen-bond donors (Lipinski definition) is 3. The van der Waals surface area contributed by atoms with Gasteiger partial charge in [-0.15, -0.1) is 0 Å². The molecule has 0 aliphatic rings. The Labute approximate surface area is 191 Å². The van der Waals surface area contributed by atoms with Crippen LogP contribution in [0.25, 0.3) is 0 Å². The Hall–Kier alpha value is -3.84. The summed E-state index contributed by atoms with van der Waals surface area (Å²) in [4.78, 5) is 38.9. The van der Waals surface area contributed by atoms with Gasteiger partial charge in [-0.2, -0.15) is 0 Å². The van der Waals surface area contributed by atoms with Crippen molar-refractivity contribution in [3.8, 4) is 0 Å². The van der Waals surface area contributed by atoms with Gasteiger partial charge < -0.3 is 20.9 Å². The third-order valence-corrected chi connectivity index (χ3v) is 4.73. The zero-order chi connectivity index (χ0) is 22.9. The molecule has 8 heteroatoms. The Kier molecular flexibility index (Phi) is 7.83. The minimum atomic E-state index is -0.512. The molecule has 3 N–H and O–H groups in total. The van der Waals surface area contributed by atoms with E-state index in [0.29, 0.717) is 22.1 Å². The van der Waals surface area contributed by atoms with Crippen molar-refractivity contribution in [3.63, 3.8) is 0 Å². The molecular formula is C24H23ClN4O3. The van der Waals surface area contributed by atoms with E-state index in [4.69, 9.17) is 11.6 Å². The normalized spacial score (nSPS) is 10.2. The van der Waals surface area contributed by atoms with Crippen molar-refractivity contribution in [2.24, 2.45) is 0 Å². The summed E-state index contributed by atoms with van der Waals surface area (Å²) >= 11 is 5.87. The molecule has 0 saturated heterocycles. The number of nitrogens with one attached hydrogen (secondary N) is 3. The standard InChI is InChI=1S/C24H23ClN4O3/c1-17-6-5-7-20(14-17)28-24(32)26-15-23(31)29(21-8-3-2-4-9-21)16-22(30)27-19-12-10-18(25)11-13-19/h2-14H,15-16H2,1H3,(H,27,30)(H2,26,28,32). The highest BCUT2D eigenvalue weighted by atomic mass is 35.5. The van der Waals surface area contributed by atoms with Gasteiger partial charge in [-0.05, 0) is 61.0 Å². The highest BCUT2D eigenvalue weighted by molar-refractivity contribution is 6.30. The van der Waals surface area contributed by atoms with Gasteiger partial charge in [0.05, 0.1) is 6.54 Å². The first-order valence-electron chi connectivity index (χ1n) is 9.93. The van der Waals surface area contributed by atoms with Gasteiger partial charge in [0.1, 0.15) is 6.54 Å². The van der Waals surface area contributed by atoms with Crippen molar-refractivity contribution in [2.45, 2.75) is 6.92 Å². The molecule has 4 amide bonds. The summed E-state index contributed by atoms with van der Waals surface area (Å²) < 4.78 is 0. The van der Waals surface area contributed by atoms with Crippen molar-refractivity contribution >= 4 is 46.5 Å². The van der Waals surface area contributed by atoms with Crippen molar-refractivity contribution in [1.29, 1.82) is 0 Å². The molecule has 164 valence electrons. The number of rotatable bonds is 7. The van der Waals surface area contributed by atoms with Gasteiger partial charge in [0.25, 0.3) is 0 Å². The van der Waals surface area contributed by atoms with Gasteiger partial charge in [-0.25, -0.2) is 4.79 Å². The topological polar surface area (TPSA) is 90.5 Å². The first-order chi connectivity index (χ1) is 15.4. The number of benzene rings is 3. The fourth-order valence-corrected chi connectivity index (χ4v) is 3.08. The molecule has 3 aromatic rings. The molecule has 0 fully saturated rings. The van der Waals surface area contributed by atoms with E-state index in [1.807, 2.05) is 31.2 Å². The number of anilines is 3. The van der Waals surface area contributed by atoms with Crippen LogP contribution in [-0.4, -0.2) is 30.9 Å². The van der Waals surface area contributed by atoms with Crippen molar-refractivity contribution in [2.75, 3.05) is 28.6 Å². The van der Waals surface area contributed by atoms with Gasteiger partial charge in [0.15, 0.2) is 0 Å². The summed E-state index contributed by atoms with van der Waals surface area (Å²) in [5, 5.41) is 8.52. The largest absolute Gasteiger partial charge is 0.329 e. The van der Waals surface area contributed by atoms with Crippen LogP contribution in [0.1, 0.15) is 5.56 Å². The molecule has 32 heavy (non-hydrogen) atoms. The Balaban J connectivity index is 1.62. The molecule has 3 rings (SSSR count). The predicted octanol–water partition coefficient (Wildman–Crippen LogP) is 4.44. The van der Waals surface area contributed by atoms with E-state index in [9.17, 15) is 14.4 Å². The van der Waals surface area contributed by atoms with E-state index >= 15 is 0 Å². The Morgan fingerprint density at radius 2 is 1.56 bits per heavy atom. The highest BCUT2D eigenvalue weighted by Gasteiger charge is 2.20. The number of nitrogens with zero attached hydrogens (tertiary/aromatic N) is 1. The van der Waals surface area contributed by atoms with Gasteiger partial charge >= 0.3 is 6.03 Å². The minimum Gasteiger partial charge on any atom is -0.329 e. The van der Waals surface area contributed by atoms with Crippen LogP contribution in [0.4, 0.5) is 21.9 Å². The average Bonchev–Trinajstić information content (AvgIpc) is 2.78. The summed E-state index contributed by atoms with van der Waals surface area (Å²) in [6, 6.07) is 22.3. The predicted molar refractivity (Wildman–Crippen MR) is 127 cm³/mol. The second-order valence-electron chi connectivity index (χ2n) is 7.05. The summed E-state index contributed by atoms with van der Waals surface area (Å²) in [6.07, 6.45) is 0. The molecule has 0 aliphatic heterocycles. The number of urea groups is 1. The van der Waals surface area contributed by atoms with Gasteiger partial charge in [-0.1, -0.05) is 41.9 Å². The average molecular weight is 451 g/mol. The molecule has 0 atom stereocenters. The summed E-state index contributed by atoms with van der Waals surface area (Å²) in [5.74, 6) is -0.810. The van der Waals surface area contributed by atoms with Crippen LogP contribution < -0.4 is 20.9 Å². The third-order valence-electron chi connectivity index (χ3n) is 4.47. The maximum Gasteiger partial charge on any atom is 0.319 e. The lowest BCUT2D eigenvalue weighted by molar-refractivity contribution is -0.121. The van der Waals surface area contributed by atoms with Gasteiger partial charge in [0, 0.05) is 22.1 Å². The quantitative estimate of drug-likeness (QED) is 0.497. The zero-order valence-corrected chi connectivity index (χ0v) is 18.2. The second-order valence-corrected chi connectivity index (χ2v) is 7.48. The van der Waals surface area contributed by atoms with Crippen LogP contribution in [0.3, 0.4) is 0 Å². The first-order valence-corrected chi connectivity index (χ1v) is 10.3. The second kappa shape index (κ2) is 11.0. The molecule has 0 aliphatic carbocycles. The molecular weight excluding hydrogens is 428 g/mol. The molecule has 0 aromatic heterocycles. The highest BCUT2D eigenvalue weighted by Crippen LogP contribution is 2.16. The summed E-state index contributed by atoms with van der Waals surface area (Å²) in [7, 11) is 0. The number of halogens is 1. The van der Waals surface area contributed by atoms with E-state index in [-0.39, 0.29) is 19.0 Å². The van der Waals surface area contributed by atoms with Gasteiger partial charge in [-0.3, -0.25) is 9.59 Å². The van der Waals surface area contributed by atoms with Crippen molar-refractivity contribution < 1.29 is 14.4 Å². The molecule has 0 bridgehead atoms. The fourth-order valence-electron chi connectivity index (χ4n) is 2.96. The summed E-state index contributed by atoms with van der Waals surface area (Å²) in [5.41, 5.74) is 2.73. The number of carbonyl (C=O) groups is 3. The van der Waals surface area contributed by atoms with Gasteiger partial charge in [0.2, 0.25) is 11.8 Å². The first kappa shape index (κ1) is 22.8. The lowest BCUT2D eigenvalue weighted by atomic mass is 10.2. The lowest BCUT2D eigenvalue weighted by Gasteiger charge is -2.22. The SMILES string of the molecule is Cc1cccc(NC(=O)NCC(=O)N(CC(=O)Nc2ccc(Cl)cc2)c2ccccc2)c1. The number of carbonyl (C=O) groups excluding carboxylic acids is 3. The summed E-state index contributed by atoms with van der Waals surface area (Å²) in [6.45, 7) is 1.42. The maximum absolute atomic E-state index is 12.9. The number of amides is 4. The van der Waals surface area contributed by atoms with Crippen LogP contribution in [-0.2, 0) is 9.59 Å². The molecule has 0 unspecified atom stereocenters. The minimum absolute atomic E-state index is 0.216. The smallest absolute Gasteiger partial charge is 0.319 e. The molecule has 0 spiro atoms.